The van der Waals surface area contributed by atoms with Gasteiger partial charge in [-0.05, 0) is 63.8 Å². The molecule has 4 rings (SSSR count). The van der Waals surface area contributed by atoms with Crippen LogP contribution in [0.15, 0.2) is 53.3 Å². The summed E-state index contributed by atoms with van der Waals surface area (Å²) in [7, 11) is 0. The fraction of sp³-hybridized carbons (Fsp3) is 0.391. The van der Waals surface area contributed by atoms with Crippen molar-refractivity contribution in [3.05, 3.63) is 54.4 Å². The van der Waals surface area contributed by atoms with Gasteiger partial charge in [-0.15, -0.1) is 0 Å². The number of carbonyl (C=O) groups excluding carboxylic acids is 1. The molecule has 1 fully saturated rings. The Balaban J connectivity index is 1.42. The number of pyridine rings is 1. The molecule has 3 aromatic rings. The van der Waals surface area contributed by atoms with Gasteiger partial charge in [0.05, 0.1) is 23.2 Å². The molecule has 3 N–H and O–H groups in total. The van der Waals surface area contributed by atoms with E-state index in [1.165, 1.54) is 0 Å². The zero-order valence-electron chi connectivity index (χ0n) is 16.7. The number of nitrogens with one attached hydrogen (secondary N) is 1. The quantitative estimate of drug-likeness (QED) is 0.628. The average Bonchev–Trinajstić information content (AvgIpc) is 3.18. The molecule has 2 heterocycles. The van der Waals surface area contributed by atoms with Gasteiger partial charge in [0.15, 0.2) is 0 Å². The lowest BCUT2D eigenvalue weighted by Gasteiger charge is -2.43. The maximum atomic E-state index is 12.6. The Bertz CT molecular complexity index is 1010. The van der Waals surface area contributed by atoms with Crippen LogP contribution in [0.3, 0.4) is 0 Å². The molecule has 0 unspecified atom stereocenters. The van der Waals surface area contributed by atoms with Crippen LogP contribution >= 0.6 is 0 Å². The summed E-state index contributed by atoms with van der Waals surface area (Å²) < 4.78 is 5.42. The zero-order valence-corrected chi connectivity index (χ0v) is 16.7. The fourth-order valence-electron chi connectivity index (χ4n) is 4.02. The van der Waals surface area contributed by atoms with E-state index in [9.17, 15) is 15.0 Å². The Morgan fingerprint density at radius 3 is 2.52 bits per heavy atom. The lowest BCUT2D eigenvalue weighted by atomic mass is 9.73. The van der Waals surface area contributed by atoms with Gasteiger partial charge in [-0.2, -0.15) is 0 Å². The van der Waals surface area contributed by atoms with E-state index < -0.39 is 11.2 Å². The maximum Gasteiger partial charge on any atom is 0.251 e. The Hall–Kier alpha value is -2.70. The molecular formula is C23H26N2O4. The largest absolute Gasteiger partial charge is 0.464 e. The monoisotopic (exact) mass is 394 g/mol. The summed E-state index contributed by atoms with van der Waals surface area (Å²) in [5.74, 6) is -0.135. The molecule has 0 bridgehead atoms. The van der Waals surface area contributed by atoms with Crippen LogP contribution in [0.1, 0.15) is 49.9 Å². The number of hydrogen-bond donors (Lipinski definition) is 3. The van der Waals surface area contributed by atoms with Crippen molar-refractivity contribution in [2.75, 3.05) is 0 Å². The van der Waals surface area contributed by atoms with Crippen LogP contribution in [0.25, 0.3) is 22.2 Å². The summed E-state index contributed by atoms with van der Waals surface area (Å²) in [5, 5.41) is 24.8. The molecule has 0 aliphatic heterocycles. The number of aromatic nitrogens is 1. The van der Waals surface area contributed by atoms with Gasteiger partial charge < -0.3 is 19.9 Å². The summed E-state index contributed by atoms with van der Waals surface area (Å²) in [6, 6.07) is 11.1. The lowest BCUT2D eigenvalue weighted by Crippen LogP contribution is -2.54. The van der Waals surface area contributed by atoms with Gasteiger partial charge in [-0.1, -0.05) is 12.1 Å². The Morgan fingerprint density at radius 2 is 1.86 bits per heavy atom. The van der Waals surface area contributed by atoms with Crippen LogP contribution in [0.2, 0.25) is 0 Å². The summed E-state index contributed by atoms with van der Waals surface area (Å²) in [6.45, 7) is 3.26. The molecule has 2 aromatic heterocycles. The van der Waals surface area contributed by atoms with Crippen LogP contribution in [0.5, 0.6) is 0 Å². The van der Waals surface area contributed by atoms with E-state index in [4.69, 9.17) is 4.42 Å². The Labute approximate surface area is 169 Å². The van der Waals surface area contributed by atoms with Crippen molar-refractivity contribution < 1.29 is 19.4 Å². The first-order valence-electron chi connectivity index (χ1n) is 9.95. The van der Waals surface area contributed by atoms with Crippen molar-refractivity contribution in [1.29, 1.82) is 0 Å². The minimum Gasteiger partial charge on any atom is -0.464 e. The predicted molar refractivity (Wildman–Crippen MR) is 110 cm³/mol. The first-order valence-corrected chi connectivity index (χ1v) is 9.95. The average molecular weight is 394 g/mol. The van der Waals surface area contributed by atoms with Crippen LogP contribution in [-0.2, 0) is 0 Å². The molecule has 0 radical (unpaired) electrons. The molecule has 1 aromatic carbocycles. The van der Waals surface area contributed by atoms with E-state index in [0.717, 1.165) is 22.2 Å². The zero-order chi connectivity index (χ0) is 20.6. The lowest BCUT2D eigenvalue weighted by molar-refractivity contribution is -0.150. The summed E-state index contributed by atoms with van der Waals surface area (Å²) in [4.78, 5) is 17.1. The van der Waals surface area contributed by atoms with Gasteiger partial charge in [0.1, 0.15) is 5.58 Å². The van der Waals surface area contributed by atoms with Crippen LogP contribution in [0, 0.1) is 0 Å². The number of hydrogen-bond acceptors (Lipinski definition) is 5. The van der Waals surface area contributed by atoms with Crippen molar-refractivity contribution in [2.24, 2.45) is 0 Å². The van der Waals surface area contributed by atoms with E-state index in [2.05, 4.69) is 10.3 Å². The number of rotatable bonds is 4. The smallest absolute Gasteiger partial charge is 0.251 e. The Morgan fingerprint density at radius 1 is 1.17 bits per heavy atom. The molecule has 1 amide bonds. The van der Waals surface area contributed by atoms with Crippen molar-refractivity contribution in [1.82, 2.24) is 10.3 Å². The third-order valence-electron chi connectivity index (χ3n) is 6.09. The van der Waals surface area contributed by atoms with Gasteiger partial charge in [0.25, 0.3) is 5.91 Å². The second kappa shape index (κ2) is 7.28. The molecule has 1 aliphatic rings. The number of fused-ring (bicyclic) bond motifs is 1. The molecule has 6 heteroatoms. The summed E-state index contributed by atoms with van der Waals surface area (Å²) >= 11 is 0. The molecule has 6 nitrogen and oxygen atoms in total. The number of aliphatic hydroxyl groups is 2. The second-order valence-corrected chi connectivity index (χ2v) is 8.41. The minimum absolute atomic E-state index is 0.00820. The molecule has 29 heavy (non-hydrogen) atoms. The van der Waals surface area contributed by atoms with E-state index in [1.54, 1.807) is 38.4 Å². The highest BCUT2D eigenvalue weighted by Crippen LogP contribution is 2.36. The van der Waals surface area contributed by atoms with Crippen LogP contribution < -0.4 is 5.32 Å². The highest BCUT2D eigenvalue weighted by molar-refractivity contribution is 5.96. The van der Waals surface area contributed by atoms with Gasteiger partial charge >= 0.3 is 0 Å². The molecule has 1 saturated carbocycles. The molecule has 0 spiro atoms. The van der Waals surface area contributed by atoms with Crippen molar-refractivity contribution >= 4 is 16.9 Å². The third kappa shape index (κ3) is 3.78. The normalized spacial score (nSPS) is 22.6. The highest BCUT2D eigenvalue weighted by atomic mass is 16.4. The highest BCUT2D eigenvalue weighted by Gasteiger charge is 2.44. The standard InChI is InChI=1S/C23H26N2O4/c1-22(2,27)23(28)11-7-17(8-12-23)25-21(26)16-5-3-15(4-6-16)20-18-10-14-29-19(18)9-13-24-20/h3-6,9-10,13-14,17,27-28H,7-8,11-12H2,1-2H3,(H,25,26)/t17-,23+. The first kappa shape index (κ1) is 19.6. The second-order valence-electron chi connectivity index (χ2n) is 8.41. The summed E-state index contributed by atoms with van der Waals surface area (Å²) in [6.07, 6.45) is 5.54. The van der Waals surface area contributed by atoms with Crippen molar-refractivity contribution in [3.8, 4) is 11.3 Å². The van der Waals surface area contributed by atoms with Crippen molar-refractivity contribution in [3.63, 3.8) is 0 Å². The van der Waals surface area contributed by atoms with Crippen LogP contribution in [0.4, 0.5) is 0 Å². The van der Waals surface area contributed by atoms with Crippen molar-refractivity contribution in [2.45, 2.75) is 56.8 Å². The predicted octanol–water partition coefficient (Wildman–Crippen LogP) is 3.67. The van der Waals surface area contributed by atoms with E-state index in [0.29, 0.717) is 31.2 Å². The minimum atomic E-state index is -1.15. The number of amides is 1. The molecular weight excluding hydrogens is 368 g/mol. The van der Waals surface area contributed by atoms with Gasteiger partial charge in [0, 0.05) is 28.8 Å². The van der Waals surface area contributed by atoms with E-state index in [-0.39, 0.29) is 11.9 Å². The van der Waals surface area contributed by atoms with Crippen LogP contribution in [-0.4, -0.2) is 38.3 Å². The molecule has 152 valence electrons. The SMILES string of the molecule is CC(C)(O)[C@]1(O)CC[C@@H](NC(=O)c2ccc(-c3nccc4occc34)cc2)CC1. The first-order chi connectivity index (χ1) is 13.8. The van der Waals surface area contributed by atoms with E-state index >= 15 is 0 Å². The summed E-state index contributed by atoms with van der Waals surface area (Å²) in [5.41, 5.74) is 0.847. The van der Waals surface area contributed by atoms with Gasteiger partial charge in [-0.25, -0.2) is 0 Å². The molecule has 0 atom stereocenters. The topological polar surface area (TPSA) is 95.6 Å². The van der Waals surface area contributed by atoms with Gasteiger partial charge in [-0.3, -0.25) is 9.78 Å². The number of benzene rings is 1. The Kier molecular flexibility index (Phi) is 4.92. The fourth-order valence-corrected chi connectivity index (χ4v) is 4.02. The molecule has 0 saturated heterocycles. The van der Waals surface area contributed by atoms with Gasteiger partial charge in [0.2, 0.25) is 0 Å². The maximum absolute atomic E-state index is 12.6. The molecule has 1 aliphatic carbocycles. The van der Waals surface area contributed by atoms with E-state index in [1.807, 2.05) is 24.3 Å². The number of furan rings is 1. The number of carbonyl (C=O) groups is 1. The number of nitrogens with zero attached hydrogens (tertiary/aromatic N) is 1. The third-order valence-corrected chi connectivity index (χ3v) is 6.09.